The fraction of sp³-hybridized carbons (Fsp3) is 0.615. The maximum Gasteiger partial charge on any atom is 0.420 e. The van der Waals surface area contributed by atoms with Gasteiger partial charge in [-0.3, -0.25) is 0 Å². The van der Waals surface area contributed by atoms with Crippen molar-refractivity contribution in [2.45, 2.75) is 6.18 Å². The van der Waals surface area contributed by atoms with Crippen molar-refractivity contribution in [3.8, 4) is 5.75 Å². The second kappa shape index (κ2) is 6.95. The molecule has 1 aliphatic rings. The predicted molar refractivity (Wildman–Crippen MR) is 71.7 cm³/mol. The SMILES string of the molecule is COCCOc1cnc(N2CCNCC2)c(C(F)(F)F)c1. The Labute approximate surface area is 121 Å². The minimum Gasteiger partial charge on any atom is -0.490 e. The van der Waals surface area contributed by atoms with Crippen molar-refractivity contribution in [2.24, 2.45) is 0 Å². The van der Waals surface area contributed by atoms with Gasteiger partial charge in [-0.25, -0.2) is 4.98 Å². The third kappa shape index (κ3) is 4.21. The number of piperazine rings is 1. The zero-order valence-electron chi connectivity index (χ0n) is 11.7. The molecule has 118 valence electrons. The fourth-order valence-corrected chi connectivity index (χ4v) is 2.10. The number of halogens is 3. The number of ether oxygens (including phenoxy) is 2. The molecule has 0 amide bonds. The molecule has 1 fully saturated rings. The summed E-state index contributed by atoms with van der Waals surface area (Å²) in [4.78, 5) is 5.60. The monoisotopic (exact) mass is 305 g/mol. The Hall–Kier alpha value is -1.54. The van der Waals surface area contributed by atoms with Gasteiger partial charge in [0.1, 0.15) is 23.7 Å². The lowest BCUT2D eigenvalue weighted by Crippen LogP contribution is -2.44. The average Bonchev–Trinajstić information content (AvgIpc) is 2.47. The first kappa shape index (κ1) is 15.8. The highest BCUT2D eigenvalue weighted by Crippen LogP contribution is 2.37. The van der Waals surface area contributed by atoms with Crippen molar-refractivity contribution in [1.82, 2.24) is 10.3 Å². The highest BCUT2D eigenvalue weighted by atomic mass is 19.4. The summed E-state index contributed by atoms with van der Waals surface area (Å²) < 4.78 is 49.6. The first-order valence-electron chi connectivity index (χ1n) is 6.67. The Balaban J connectivity index is 2.23. The molecule has 8 heteroatoms. The van der Waals surface area contributed by atoms with E-state index < -0.39 is 11.7 Å². The van der Waals surface area contributed by atoms with Gasteiger partial charge in [0.25, 0.3) is 0 Å². The summed E-state index contributed by atoms with van der Waals surface area (Å²) in [6, 6.07) is 1.00. The second-order valence-corrected chi connectivity index (χ2v) is 4.62. The summed E-state index contributed by atoms with van der Waals surface area (Å²) in [5, 5.41) is 3.10. The first-order chi connectivity index (χ1) is 10.0. The first-order valence-corrected chi connectivity index (χ1v) is 6.67. The van der Waals surface area contributed by atoms with Gasteiger partial charge in [0, 0.05) is 33.3 Å². The highest BCUT2D eigenvalue weighted by Gasteiger charge is 2.36. The fourth-order valence-electron chi connectivity index (χ4n) is 2.10. The van der Waals surface area contributed by atoms with Gasteiger partial charge in [0.15, 0.2) is 0 Å². The summed E-state index contributed by atoms with van der Waals surface area (Å²) in [7, 11) is 1.50. The van der Waals surface area contributed by atoms with Crippen molar-refractivity contribution in [3.63, 3.8) is 0 Å². The van der Waals surface area contributed by atoms with Crippen LogP contribution < -0.4 is 15.0 Å². The van der Waals surface area contributed by atoms with E-state index in [1.54, 1.807) is 4.90 Å². The number of alkyl halides is 3. The van der Waals surface area contributed by atoms with Crippen LogP contribution in [0.4, 0.5) is 19.0 Å². The quantitative estimate of drug-likeness (QED) is 0.836. The topological polar surface area (TPSA) is 46.6 Å². The van der Waals surface area contributed by atoms with Crippen molar-refractivity contribution >= 4 is 5.82 Å². The van der Waals surface area contributed by atoms with E-state index >= 15 is 0 Å². The molecule has 0 aliphatic carbocycles. The smallest absolute Gasteiger partial charge is 0.420 e. The number of anilines is 1. The lowest BCUT2D eigenvalue weighted by atomic mass is 10.2. The van der Waals surface area contributed by atoms with Crippen LogP contribution in [0.5, 0.6) is 5.75 Å². The number of nitrogens with zero attached hydrogens (tertiary/aromatic N) is 2. The molecule has 1 N–H and O–H groups in total. The van der Waals surface area contributed by atoms with Crippen LogP contribution in [-0.4, -0.2) is 51.5 Å². The van der Waals surface area contributed by atoms with Gasteiger partial charge in [0.2, 0.25) is 0 Å². The van der Waals surface area contributed by atoms with E-state index in [1.807, 2.05) is 0 Å². The van der Waals surface area contributed by atoms with Gasteiger partial charge in [-0.2, -0.15) is 13.2 Å². The van der Waals surface area contributed by atoms with Crippen LogP contribution in [0.1, 0.15) is 5.56 Å². The number of hydrogen-bond acceptors (Lipinski definition) is 5. The van der Waals surface area contributed by atoms with Gasteiger partial charge in [-0.1, -0.05) is 0 Å². The van der Waals surface area contributed by atoms with Crippen molar-refractivity contribution in [2.75, 3.05) is 51.4 Å². The molecule has 2 heterocycles. The van der Waals surface area contributed by atoms with Crippen LogP contribution in [0.3, 0.4) is 0 Å². The molecule has 0 saturated carbocycles. The molecule has 1 saturated heterocycles. The van der Waals surface area contributed by atoms with E-state index in [9.17, 15) is 13.2 Å². The highest BCUT2D eigenvalue weighted by molar-refractivity contribution is 5.51. The maximum atomic E-state index is 13.2. The minimum absolute atomic E-state index is 0.0388. The lowest BCUT2D eigenvalue weighted by Gasteiger charge is -2.30. The number of pyridine rings is 1. The largest absolute Gasteiger partial charge is 0.490 e. The molecule has 0 radical (unpaired) electrons. The molecular formula is C13H18F3N3O2. The molecule has 2 rings (SSSR count). The molecule has 1 aromatic rings. The second-order valence-electron chi connectivity index (χ2n) is 4.62. The molecule has 0 unspecified atom stereocenters. The van der Waals surface area contributed by atoms with Gasteiger partial charge in [-0.05, 0) is 6.07 Å². The summed E-state index contributed by atoms with van der Waals surface area (Å²) in [5.41, 5.74) is -0.765. The third-order valence-electron chi connectivity index (χ3n) is 3.12. The molecule has 5 nitrogen and oxygen atoms in total. The predicted octanol–water partition coefficient (Wildman–Crippen LogP) is 1.54. The number of methoxy groups -OCH3 is 1. The van der Waals surface area contributed by atoms with Gasteiger partial charge in [-0.15, -0.1) is 0 Å². The van der Waals surface area contributed by atoms with Crippen LogP contribution in [0.2, 0.25) is 0 Å². The molecule has 1 aliphatic heterocycles. The summed E-state index contributed by atoms with van der Waals surface area (Å²) in [6.07, 6.45) is -3.14. The number of aromatic nitrogens is 1. The van der Waals surface area contributed by atoms with Crippen LogP contribution in [-0.2, 0) is 10.9 Å². The third-order valence-corrected chi connectivity index (χ3v) is 3.12. The maximum absolute atomic E-state index is 13.2. The van der Waals surface area contributed by atoms with Crippen LogP contribution in [0.15, 0.2) is 12.3 Å². The van der Waals surface area contributed by atoms with E-state index in [4.69, 9.17) is 9.47 Å². The Morgan fingerprint density at radius 1 is 1.29 bits per heavy atom. The summed E-state index contributed by atoms with van der Waals surface area (Å²) in [6.45, 7) is 2.78. The summed E-state index contributed by atoms with van der Waals surface area (Å²) >= 11 is 0. The van der Waals surface area contributed by atoms with E-state index in [1.165, 1.54) is 13.3 Å². The van der Waals surface area contributed by atoms with E-state index in [0.29, 0.717) is 32.8 Å². The van der Waals surface area contributed by atoms with E-state index in [0.717, 1.165) is 6.07 Å². The molecule has 0 spiro atoms. The van der Waals surface area contributed by atoms with Crippen molar-refractivity contribution < 1.29 is 22.6 Å². The summed E-state index contributed by atoms with van der Waals surface area (Å²) in [5.74, 6) is 0.0568. The standard InChI is InChI=1S/C13H18F3N3O2/c1-20-6-7-21-10-8-11(13(14,15)16)12(18-9-10)19-4-2-17-3-5-19/h8-9,17H,2-7H2,1H3. The lowest BCUT2D eigenvalue weighted by molar-refractivity contribution is -0.137. The zero-order valence-corrected chi connectivity index (χ0v) is 11.7. The normalized spacial score (nSPS) is 16.1. The van der Waals surface area contributed by atoms with Gasteiger partial charge >= 0.3 is 6.18 Å². The van der Waals surface area contributed by atoms with Crippen LogP contribution >= 0.6 is 0 Å². The number of nitrogens with one attached hydrogen (secondary N) is 1. The van der Waals surface area contributed by atoms with Crippen molar-refractivity contribution in [1.29, 1.82) is 0 Å². The average molecular weight is 305 g/mol. The Bertz CT molecular complexity index is 462. The van der Waals surface area contributed by atoms with Crippen LogP contribution in [0.25, 0.3) is 0 Å². The molecule has 0 bridgehead atoms. The Morgan fingerprint density at radius 2 is 2.00 bits per heavy atom. The molecule has 0 aromatic carbocycles. The van der Waals surface area contributed by atoms with Crippen molar-refractivity contribution in [3.05, 3.63) is 17.8 Å². The molecule has 1 aromatic heterocycles. The Morgan fingerprint density at radius 3 is 2.62 bits per heavy atom. The van der Waals surface area contributed by atoms with Crippen LogP contribution in [0, 0.1) is 0 Å². The minimum atomic E-state index is -4.46. The van der Waals surface area contributed by atoms with Gasteiger partial charge in [0.05, 0.1) is 12.8 Å². The molecule has 21 heavy (non-hydrogen) atoms. The number of rotatable bonds is 5. The number of hydrogen-bond donors (Lipinski definition) is 1. The molecular weight excluding hydrogens is 287 g/mol. The Kier molecular flexibility index (Phi) is 5.24. The van der Waals surface area contributed by atoms with E-state index in [-0.39, 0.29) is 18.2 Å². The van der Waals surface area contributed by atoms with Gasteiger partial charge < -0.3 is 19.7 Å². The zero-order chi connectivity index (χ0) is 15.3. The van der Waals surface area contributed by atoms with E-state index in [2.05, 4.69) is 10.3 Å². The molecule has 0 atom stereocenters.